The van der Waals surface area contributed by atoms with Crippen molar-refractivity contribution < 1.29 is 9.59 Å². The van der Waals surface area contributed by atoms with Gasteiger partial charge in [-0.3, -0.25) is 14.5 Å². The molecule has 1 aromatic heterocycles. The van der Waals surface area contributed by atoms with Crippen LogP contribution in [0.25, 0.3) is 0 Å². The number of benzene rings is 1. The van der Waals surface area contributed by atoms with Crippen molar-refractivity contribution in [3.05, 3.63) is 68.0 Å². The first-order valence-electron chi connectivity index (χ1n) is 9.05. The van der Waals surface area contributed by atoms with Gasteiger partial charge in [0.15, 0.2) is 0 Å². The maximum absolute atomic E-state index is 12.5. The van der Waals surface area contributed by atoms with E-state index in [-0.39, 0.29) is 41.8 Å². The Morgan fingerprint density at radius 3 is 2.22 bits per heavy atom. The van der Waals surface area contributed by atoms with Gasteiger partial charge in [0.2, 0.25) is 0 Å². The molecule has 8 nitrogen and oxygen atoms in total. The molecule has 0 radical (unpaired) electrons. The lowest BCUT2D eigenvalue weighted by Crippen LogP contribution is -2.42. The number of carbonyl (C=O) groups is 2. The van der Waals surface area contributed by atoms with Gasteiger partial charge in [0, 0.05) is 13.6 Å². The van der Waals surface area contributed by atoms with Crippen molar-refractivity contribution in [2.45, 2.75) is 31.3 Å². The van der Waals surface area contributed by atoms with Crippen LogP contribution < -0.4 is 11.4 Å². The minimum Gasteiger partial charge on any atom is -0.274 e. The molecule has 138 valence electrons. The Balaban J connectivity index is 1.42. The Labute approximate surface area is 153 Å². The van der Waals surface area contributed by atoms with Gasteiger partial charge < -0.3 is 0 Å². The van der Waals surface area contributed by atoms with E-state index in [0.717, 1.165) is 23.0 Å². The normalized spacial score (nSPS) is 22.9. The van der Waals surface area contributed by atoms with E-state index in [4.69, 9.17) is 0 Å². The summed E-state index contributed by atoms with van der Waals surface area (Å²) in [5.74, 6) is -0.545. The summed E-state index contributed by atoms with van der Waals surface area (Å²) >= 11 is 0. The third-order valence-electron chi connectivity index (χ3n) is 5.88. The molecule has 4 aliphatic rings. The number of hydrogen-bond acceptors (Lipinski definition) is 4. The number of rotatable bonds is 3. The molecule has 1 aliphatic carbocycles. The number of amides is 2. The fourth-order valence-corrected chi connectivity index (χ4v) is 4.52. The third kappa shape index (κ3) is 2.03. The highest BCUT2D eigenvalue weighted by molar-refractivity contribution is 6.21. The molecule has 1 aromatic carbocycles. The first-order valence-corrected chi connectivity index (χ1v) is 9.05. The van der Waals surface area contributed by atoms with Gasteiger partial charge in [-0.05, 0) is 37.0 Å². The predicted molar refractivity (Wildman–Crippen MR) is 95.8 cm³/mol. The van der Waals surface area contributed by atoms with Crippen LogP contribution in [0.2, 0.25) is 0 Å². The topological polar surface area (TPSA) is 86.3 Å². The zero-order chi connectivity index (χ0) is 18.9. The van der Waals surface area contributed by atoms with Gasteiger partial charge in [0.25, 0.3) is 11.8 Å². The Morgan fingerprint density at radius 1 is 0.926 bits per heavy atom. The highest BCUT2D eigenvalue weighted by Crippen LogP contribution is 2.40. The molecule has 3 aliphatic heterocycles. The van der Waals surface area contributed by atoms with Crippen molar-refractivity contribution in [2.75, 3.05) is 6.54 Å². The van der Waals surface area contributed by atoms with Crippen LogP contribution in [0, 0.1) is 0 Å². The predicted octanol–water partition coefficient (Wildman–Crippen LogP) is 0.851. The fourth-order valence-electron chi connectivity index (χ4n) is 4.52. The van der Waals surface area contributed by atoms with E-state index in [9.17, 15) is 19.2 Å². The number of carbonyl (C=O) groups excluding carboxylic acids is 2. The number of fused-ring (bicyclic) bond motifs is 2. The summed E-state index contributed by atoms with van der Waals surface area (Å²) in [4.78, 5) is 51.0. The van der Waals surface area contributed by atoms with E-state index >= 15 is 0 Å². The van der Waals surface area contributed by atoms with Crippen molar-refractivity contribution in [3.63, 3.8) is 0 Å². The lowest BCUT2D eigenvalue weighted by molar-refractivity contribution is 0.0654. The first kappa shape index (κ1) is 16.0. The Kier molecular flexibility index (Phi) is 3.22. The van der Waals surface area contributed by atoms with E-state index in [1.165, 1.54) is 21.3 Å². The van der Waals surface area contributed by atoms with E-state index in [2.05, 4.69) is 0 Å². The van der Waals surface area contributed by atoms with E-state index in [1.807, 2.05) is 6.08 Å². The summed E-state index contributed by atoms with van der Waals surface area (Å²) in [5.41, 5.74) is 1.27. The zero-order valence-corrected chi connectivity index (χ0v) is 14.8. The summed E-state index contributed by atoms with van der Waals surface area (Å²) in [6.45, 7) is 0.271. The minimum atomic E-state index is -0.318. The van der Waals surface area contributed by atoms with Gasteiger partial charge in [-0.2, -0.15) is 0 Å². The van der Waals surface area contributed by atoms with Crippen LogP contribution in [0.3, 0.4) is 0 Å². The van der Waals surface area contributed by atoms with Crippen molar-refractivity contribution in [2.24, 2.45) is 7.05 Å². The molecular formula is C19H18N4O4. The van der Waals surface area contributed by atoms with Crippen molar-refractivity contribution in [1.82, 2.24) is 18.8 Å². The van der Waals surface area contributed by atoms with Gasteiger partial charge in [0.1, 0.15) is 0 Å². The fraction of sp³-hybridized carbons (Fsp3) is 0.368. The largest absolute Gasteiger partial charge is 0.347 e. The van der Waals surface area contributed by atoms with Gasteiger partial charge in [0.05, 0.1) is 23.2 Å². The van der Waals surface area contributed by atoms with Crippen LogP contribution >= 0.6 is 0 Å². The summed E-state index contributed by atoms with van der Waals surface area (Å²) in [7, 11) is 1.49. The van der Waals surface area contributed by atoms with Crippen molar-refractivity contribution in [1.29, 1.82) is 0 Å². The molecule has 0 fully saturated rings. The lowest BCUT2D eigenvalue weighted by Gasteiger charge is -2.38. The van der Waals surface area contributed by atoms with E-state index < -0.39 is 0 Å². The molecule has 2 bridgehead atoms. The van der Waals surface area contributed by atoms with Crippen LogP contribution in [0.1, 0.15) is 52.1 Å². The second-order valence-electron chi connectivity index (χ2n) is 7.27. The molecule has 2 atom stereocenters. The quantitative estimate of drug-likeness (QED) is 0.595. The zero-order valence-electron chi connectivity index (χ0n) is 14.8. The number of nitrogens with zero attached hydrogens (tertiary/aromatic N) is 4. The second kappa shape index (κ2) is 5.42. The highest BCUT2D eigenvalue weighted by Gasteiger charge is 2.39. The smallest absolute Gasteiger partial charge is 0.274 e. The van der Waals surface area contributed by atoms with Gasteiger partial charge in [-0.25, -0.2) is 23.5 Å². The average Bonchev–Trinajstić information content (AvgIpc) is 3.08. The molecule has 0 N–H and O–H groups in total. The maximum atomic E-state index is 12.5. The van der Waals surface area contributed by atoms with Crippen LogP contribution in [-0.4, -0.2) is 37.2 Å². The summed E-state index contributed by atoms with van der Waals surface area (Å²) in [6.07, 6.45) is 4.11. The number of imide groups is 1. The van der Waals surface area contributed by atoms with Crippen molar-refractivity contribution >= 4 is 11.8 Å². The molecule has 6 rings (SSSR count). The number of hydrogen-bond donors (Lipinski definition) is 0. The first-order chi connectivity index (χ1) is 13.0. The summed E-state index contributed by atoms with van der Waals surface area (Å²) in [5, 5.41) is 0. The molecule has 2 amide bonds. The number of aromatic nitrogens is 3. The van der Waals surface area contributed by atoms with Gasteiger partial charge in [-0.15, -0.1) is 0 Å². The molecule has 0 spiro atoms. The standard InChI is InChI=1S/C19H18N4O4/c1-20-18(26)22-12-6-7-15(23(22)19(20)27)11(10-12)8-9-21-16(24)13-4-2-3-5-14(13)17(21)25/h2-5,10,12,15H,6-9H2,1H3. The Hall–Kier alpha value is -3.16. The van der Waals surface area contributed by atoms with Crippen LogP contribution in [-0.2, 0) is 7.05 Å². The van der Waals surface area contributed by atoms with Crippen LogP contribution in [0.15, 0.2) is 45.5 Å². The average molecular weight is 366 g/mol. The Morgan fingerprint density at radius 2 is 1.56 bits per heavy atom. The molecule has 0 saturated heterocycles. The van der Waals surface area contributed by atoms with Gasteiger partial charge in [-0.1, -0.05) is 18.2 Å². The number of allylic oxidation sites excluding steroid dienone is 1. The highest BCUT2D eigenvalue weighted by atomic mass is 16.2. The summed E-state index contributed by atoms with van der Waals surface area (Å²) in [6, 6.07) is 6.49. The molecule has 27 heavy (non-hydrogen) atoms. The van der Waals surface area contributed by atoms with E-state index in [1.54, 1.807) is 24.3 Å². The molecular weight excluding hydrogens is 348 g/mol. The lowest BCUT2D eigenvalue weighted by atomic mass is 9.87. The maximum Gasteiger partial charge on any atom is 0.347 e. The SMILES string of the molecule is Cn1c(=O)n2n(c1=O)C1CCC2C=C1CCN1C(=O)c2ccccc2C1=O. The van der Waals surface area contributed by atoms with Crippen LogP contribution in [0.4, 0.5) is 0 Å². The van der Waals surface area contributed by atoms with Crippen LogP contribution in [0.5, 0.6) is 0 Å². The molecule has 2 aromatic rings. The van der Waals surface area contributed by atoms with Crippen molar-refractivity contribution in [3.8, 4) is 0 Å². The summed E-state index contributed by atoms with van der Waals surface area (Å²) < 4.78 is 4.20. The molecule has 2 unspecified atom stereocenters. The molecule has 4 heterocycles. The monoisotopic (exact) mass is 366 g/mol. The molecule has 8 heteroatoms. The minimum absolute atomic E-state index is 0.145. The molecule has 0 saturated carbocycles. The van der Waals surface area contributed by atoms with E-state index in [0.29, 0.717) is 17.5 Å². The second-order valence-corrected chi connectivity index (χ2v) is 7.27. The van der Waals surface area contributed by atoms with Gasteiger partial charge >= 0.3 is 11.4 Å². The third-order valence-corrected chi connectivity index (χ3v) is 5.88. The Bertz CT molecular complexity index is 1110.